The number of carbonyl (C=O) groups is 1. The van der Waals surface area contributed by atoms with Crippen LogP contribution < -0.4 is 0 Å². The van der Waals surface area contributed by atoms with E-state index < -0.39 is 0 Å². The number of nitrogens with one attached hydrogen (secondary N) is 1. The first-order valence-corrected chi connectivity index (χ1v) is 6.53. The summed E-state index contributed by atoms with van der Waals surface area (Å²) in [5, 5.41) is 10.9. The van der Waals surface area contributed by atoms with Gasteiger partial charge in [-0.1, -0.05) is 0 Å². The maximum atomic E-state index is 12.3. The van der Waals surface area contributed by atoms with Gasteiger partial charge in [-0.3, -0.25) is 14.6 Å². The van der Waals surface area contributed by atoms with Gasteiger partial charge in [-0.25, -0.2) is 0 Å². The molecule has 2 aromatic heterocycles. The second-order valence-electron chi connectivity index (χ2n) is 5.00. The van der Waals surface area contributed by atoms with E-state index in [1.807, 2.05) is 28.9 Å². The van der Waals surface area contributed by atoms with Gasteiger partial charge in [-0.15, -0.1) is 0 Å². The molecular weight excluding hydrogens is 242 g/mol. The van der Waals surface area contributed by atoms with E-state index >= 15 is 0 Å². The fourth-order valence-electron chi connectivity index (χ4n) is 2.61. The van der Waals surface area contributed by atoms with Gasteiger partial charge in [0.2, 0.25) is 0 Å². The highest BCUT2D eigenvalue weighted by molar-refractivity contribution is 5.92. The van der Waals surface area contributed by atoms with Gasteiger partial charge >= 0.3 is 0 Å². The molecule has 1 fully saturated rings. The minimum absolute atomic E-state index is 0.0314. The Morgan fingerprint density at radius 1 is 1.58 bits per heavy atom. The van der Waals surface area contributed by atoms with Gasteiger partial charge in [0, 0.05) is 18.9 Å². The van der Waals surface area contributed by atoms with Gasteiger partial charge in [0.1, 0.15) is 5.69 Å². The number of hydrogen-bond acceptors (Lipinski definition) is 3. The first-order valence-electron chi connectivity index (χ1n) is 6.53. The van der Waals surface area contributed by atoms with Crippen molar-refractivity contribution in [3.63, 3.8) is 0 Å². The van der Waals surface area contributed by atoms with Crippen molar-refractivity contribution in [3.05, 3.63) is 35.9 Å². The van der Waals surface area contributed by atoms with Crippen molar-refractivity contribution in [1.82, 2.24) is 24.9 Å². The summed E-state index contributed by atoms with van der Waals surface area (Å²) in [6, 6.07) is 1.94. The summed E-state index contributed by atoms with van der Waals surface area (Å²) >= 11 is 0. The number of amides is 1. The quantitative estimate of drug-likeness (QED) is 0.901. The zero-order valence-corrected chi connectivity index (χ0v) is 10.9. The SMILES string of the molecule is Cc1cnn(C[C@H]2CCCN2C(=O)c2ccn[nH]2)c1. The second kappa shape index (κ2) is 4.87. The molecule has 1 aliphatic rings. The lowest BCUT2D eigenvalue weighted by Crippen LogP contribution is -2.38. The van der Waals surface area contributed by atoms with Crippen molar-refractivity contribution in [2.45, 2.75) is 32.4 Å². The molecule has 0 unspecified atom stereocenters. The molecule has 0 bridgehead atoms. The van der Waals surface area contributed by atoms with Crippen LogP contribution in [0.4, 0.5) is 0 Å². The minimum Gasteiger partial charge on any atom is -0.332 e. The Kier molecular flexibility index (Phi) is 3.06. The smallest absolute Gasteiger partial charge is 0.272 e. The Labute approximate surface area is 111 Å². The van der Waals surface area contributed by atoms with Crippen LogP contribution in [0.15, 0.2) is 24.7 Å². The van der Waals surface area contributed by atoms with Crippen LogP contribution in [0.2, 0.25) is 0 Å². The Hall–Kier alpha value is -2.11. The maximum absolute atomic E-state index is 12.3. The molecule has 2 aromatic rings. The van der Waals surface area contributed by atoms with Gasteiger partial charge in [-0.2, -0.15) is 10.2 Å². The molecule has 100 valence electrons. The van der Waals surface area contributed by atoms with Crippen LogP contribution in [0.25, 0.3) is 0 Å². The van der Waals surface area contributed by atoms with Gasteiger partial charge in [0.15, 0.2) is 0 Å². The molecule has 1 N–H and O–H groups in total. The summed E-state index contributed by atoms with van der Waals surface area (Å²) in [7, 11) is 0. The Balaban J connectivity index is 1.73. The molecule has 0 spiro atoms. The average molecular weight is 259 g/mol. The lowest BCUT2D eigenvalue weighted by molar-refractivity contribution is 0.0715. The van der Waals surface area contributed by atoms with E-state index in [2.05, 4.69) is 15.3 Å². The molecule has 0 aliphatic carbocycles. The van der Waals surface area contributed by atoms with E-state index in [4.69, 9.17) is 0 Å². The number of rotatable bonds is 3. The van der Waals surface area contributed by atoms with Crippen LogP contribution in [0.5, 0.6) is 0 Å². The molecule has 1 aliphatic heterocycles. The number of aromatic amines is 1. The number of likely N-dealkylation sites (tertiary alicyclic amines) is 1. The van der Waals surface area contributed by atoms with Crippen molar-refractivity contribution < 1.29 is 4.79 Å². The van der Waals surface area contributed by atoms with Gasteiger partial charge in [-0.05, 0) is 31.4 Å². The molecule has 1 saturated heterocycles. The highest BCUT2D eigenvalue weighted by Crippen LogP contribution is 2.20. The van der Waals surface area contributed by atoms with Crippen LogP contribution in [0.1, 0.15) is 28.9 Å². The average Bonchev–Trinajstić information content (AvgIpc) is 3.10. The van der Waals surface area contributed by atoms with Crippen LogP contribution in [-0.4, -0.2) is 43.4 Å². The van der Waals surface area contributed by atoms with Gasteiger partial charge in [0.25, 0.3) is 5.91 Å². The normalized spacial score (nSPS) is 19.0. The Morgan fingerprint density at radius 2 is 2.47 bits per heavy atom. The molecular formula is C13H17N5O. The second-order valence-corrected chi connectivity index (χ2v) is 5.00. The number of aryl methyl sites for hydroxylation is 1. The summed E-state index contributed by atoms with van der Waals surface area (Å²) in [6.45, 7) is 3.59. The Morgan fingerprint density at radius 3 is 3.16 bits per heavy atom. The largest absolute Gasteiger partial charge is 0.332 e. The van der Waals surface area contributed by atoms with E-state index in [9.17, 15) is 4.79 Å². The molecule has 6 heteroatoms. The van der Waals surface area contributed by atoms with Gasteiger partial charge in [0.05, 0.1) is 18.8 Å². The number of carbonyl (C=O) groups excluding carboxylic acids is 1. The molecule has 19 heavy (non-hydrogen) atoms. The molecule has 0 aromatic carbocycles. The van der Waals surface area contributed by atoms with E-state index in [-0.39, 0.29) is 11.9 Å². The van der Waals surface area contributed by atoms with Gasteiger partial charge < -0.3 is 4.90 Å². The summed E-state index contributed by atoms with van der Waals surface area (Å²) in [5.41, 5.74) is 1.70. The first kappa shape index (κ1) is 12.0. The third-order valence-corrected chi connectivity index (χ3v) is 3.53. The molecule has 1 atom stereocenters. The lowest BCUT2D eigenvalue weighted by Gasteiger charge is -2.24. The third-order valence-electron chi connectivity index (χ3n) is 3.53. The summed E-state index contributed by atoms with van der Waals surface area (Å²) < 4.78 is 1.92. The predicted octanol–water partition coefficient (Wildman–Crippen LogP) is 1.22. The fourth-order valence-corrected chi connectivity index (χ4v) is 2.61. The monoisotopic (exact) mass is 259 g/mol. The van der Waals surface area contributed by atoms with Crippen molar-refractivity contribution in [1.29, 1.82) is 0 Å². The lowest BCUT2D eigenvalue weighted by atomic mass is 10.2. The molecule has 0 radical (unpaired) electrons. The third kappa shape index (κ3) is 2.38. The van der Waals surface area contributed by atoms with Crippen LogP contribution >= 0.6 is 0 Å². The molecule has 3 heterocycles. The number of nitrogens with zero attached hydrogens (tertiary/aromatic N) is 4. The first-order chi connectivity index (χ1) is 9.24. The molecule has 0 saturated carbocycles. The van der Waals surface area contributed by atoms with Crippen LogP contribution in [0.3, 0.4) is 0 Å². The number of H-pyrrole nitrogens is 1. The molecule has 3 rings (SSSR count). The van der Waals surface area contributed by atoms with E-state index in [0.717, 1.165) is 31.5 Å². The minimum atomic E-state index is 0.0314. The van der Waals surface area contributed by atoms with Crippen molar-refractivity contribution in [2.24, 2.45) is 0 Å². The Bertz CT molecular complexity index is 559. The zero-order chi connectivity index (χ0) is 13.2. The van der Waals surface area contributed by atoms with E-state index in [1.54, 1.807) is 12.3 Å². The van der Waals surface area contributed by atoms with Crippen LogP contribution in [0, 0.1) is 6.92 Å². The van der Waals surface area contributed by atoms with Crippen LogP contribution in [-0.2, 0) is 6.54 Å². The van der Waals surface area contributed by atoms with Crippen molar-refractivity contribution in [3.8, 4) is 0 Å². The summed E-state index contributed by atoms with van der Waals surface area (Å²) in [6.07, 6.45) is 7.53. The summed E-state index contributed by atoms with van der Waals surface area (Å²) in [5.74, 6) is 0.0314. The maximum Gasteiger partial charge on any atom is 0.272 e. The number of hydrogen-bond donors (Lipinski definition) is 1. The highest BCUT2D eigenvalue weighted by Gasteiger charge is 2.30. The van der Waals surface area contributed by atoms with E-state index in [1.165, 1.54) is 0 Å². The highest BCUT2D eigenvalue weighted by atomic mass is 16.2. The topological polar surface area (TPSA) is 66.8 Å². The standard InChI is InChI=1S/C13H17N5O/c1-10-7-15-17(8-10)9-11-3-2-6-18(11)13(19)12-4-5-14-16-12/h4-5,7-8,11H,2-3,6,9H2,1H3,(H,14,16)/t11-/m1/s1. The van der Waals surface area contributed by atoms with E-state index in [0.29, 0.717) is 5.69 Å². The predicted molar refractivity (Wildman–Crippen MR) is 69.6 cm³/mol. The fraction of sp³-hybridized carbons (Fsp3) is 0.462. The zero-order valence-electron chi connectivity index (χ0n) is 10.9. The van der Waals surface area contributed by atoms with Crippen molar-refractivity contribution in [2.75, 3.05) is 6.54 Å². The van der Waals surface area contributed by atoms with Crippen molar-refractivity contribution >= 4 is 5.91 Å². The molecule has 6 nitrogen and oxygen atoms in total. The number of aromatic nitrogens is 4. The summed E-state index contributed by atoms with van der Waals surface area (Å²) in [4.78, 5) is 14.3. The molecule has 1 amide bonds.